The van der Waals surface area contributed by atoms with Gasteiger partial charge in [-0.3, -0.25) is 19.7 Å². The van der Waals surface area contributed by atoms with Crippen LogP contribution in [0.25, 0.3) is 0 Å². The lowest BCUT2D eigenvalue weighted by Gasteiger charge is -2.26. The molecule has 0 aliphatic carbocycles. The molecule has 0 spiro atoms. The second-order valence-corrected chi connectivity index (χ2v) is 6.03. The number of nitrogens with zero attached hydrogens (tertiary/aromatic N) is 1. The van der Waals surface area contributed by atoms with E-state index in [-0.39, 0.29) is 5.91 Å². The van der Waals surface area contributed by atoms with E-state index in [4.69, 9.17) is 0 Å². The molecule has 2 aliphatic heterocycles. The summed E-state index contributed by atoms with van der Waals surface area (Å²) in [7, 11) is 0. The molecule has 0 aromatic heterocycles. The molecule has 2 amide bonds. The van der Waals surface area contributed by atoms with Crippen LogP contribution < -0.4 is 10.2 Å². The highest BCUT2D eigenvalue weighted by atomic mass is 16.4. The fourth-order valence-corrected chi connectivity index (χ4v) is 3.41. The van der Waals surface area contributed by atoms with Gasteiger partial charge in [0.15, 0.2) is 0 Å². The Morgan fingerprint density at radius 3 is 2.38 bits per heavy atom. The molecule has 0 unspecified atom stereocenters. The quantitative estimate of drug-likeness (QED) is 0.779. The number of anilines is 1. The van der Waals surface area contributed by atoms with E-state index in [0.717, 1.165) is 4.90 Å². The van der Waals surface area contributed by atoms with Crippen LogP contribution in [0, 0.1) is 11.8 Å². The summed E-state index contributed by atoms with van der Waals surface area (Å²) >= 11 is 0. The van der Waals surface area contributed by atoms with E-state index < -0.39 is 35.3 Å². The third-order valence-electron chi connectivity index (χ3n) is 4.30. The maximum atomic E-state index is 12.7. The maximum Gasteiger partial charge on any atom is 0.321 e. The van der Waals surface area contributed by atoms with E-state index in [9.17, 15) is 19.5 Å². The fraction of sp³-hybridized carbons (Fsp3) is 0.400. The second-order valence-electron chi connectivity index (χ2n) is 6.03. The van der Waals surface area contributed by atoms with Gasteiger partial charge in [-0.2, -0.15) is 0 Å². The summed E-state index contributed by atoms with van der Waals surface area (Å²) in [6.07, 6.45) is 0. The van der Waals surface area contributed by atoms with Crippen molar-refractivity contribution in [1.82, 2.24) is 5.32 Å². The summed E-state index contributed by atoms with van der Waals surface area (Å²) in [4.78, 5) is 37.8. The molecule has 2 saturated heterocycles. The molecule has 110 valence electrons. The number of imide groups is 1. The van der Waals surface area contributed by atoms with Crippen molar-refractivity contribution in [2.45, 2.75) is 25.4 Å². The molecule has 2 N–H and O–H groups in total. The number of hydrogen-bond acceptors (Lipinski definition) is 4. The minimum Gasteiger partial charge on any atom is -0.480 e. The van der Waals surface area contributed by atoms with E-state index in [1.807, 2.05) is 0 Å². The predicted octanol–water partition coefficient (Wildman–Crippen LogP) is 0.627. The SMILES string of the molecule is CC1(C)N[C@H](C(=O)O)[C@H]2C(=O)N(c3ccccc3)C(=O)[C@H]21. The van der Waals surface area contributed by atoms with Crippen LogP contribution in [0.5, 0.6) is 0 Å². The third-order valence-corrected chi connectivity index (χ3v) is 4.30. The molecule has 2 heterocycles. The average molecular weight is 288 g/mol. The lowest BCUT2D eigenvalue weighted by molar-refractivity contribution is -0.142. The van der Waals surface area contributed by atoms with Gasteiger partial charge in [0.05, 0.1) is 17.5 Å². The number of carbonyl (C=O) groups is 3. The number of fused-ring (bicyclic) bond motifs is 1. The normalized spacial score (nSPS) is 30.6. The molecule has 21 heavy (non-hydrogen) atoms. The average Bonchev–Trinajstić information content (AvgIpc) is 2.85. The molecule has 2 fully saturated rings. The Kier molecular flexibility index (Phi) is 2.88. The first-order chi connectivity index (χ1) is 9.84. The summed E-state index contributed by atoms with van der Waals surface area (Å²) < 4.78 is 0. The number of amides is 2. The number of aliphatic carboxylic acids is 1. The van der Waals surface area contributed by atoms with Gasteiger partial charge in [0.2, 0.25) is 11.8 Å². The van der Waals surface area contributed by atoms with Crippen LogP contribution in [0.3, 0.4) is 0 Å². The van der Waals surface area contributed by atoms with E-state index in [1.54, 1.807) is 44.2 Å². The summed E-state index contributed by atoms with van der Waals surface area (Å²) in [6.45, 7) is 3.51. The van der Waals surface area contributed by atoms with Crippen LogP contribution in [0.2, 0.25) is 0 Å². The van der Waals surface area contributed by atoms with Gasteiger partial charge in [0.1, 0.15) is 6.04 Å². The van der Waals surface area contributed by atoms with Crippen molar-refractivity contribution in [3.05, 3.63) is 30.3 Å². The number of carboxylic acid groups (broad SMARTS) is 1. The van der Waals surface area contributed by atoms with Gasteiger partial charge in [-0.05, 0) is 26.0 Å². The van der Waals surface area contributed by atoms with Crippen molar-refractivity contribution in [2.75, 3.05) is 4.90 Å². The highest BCUT2D eigenvalue weighted by molar-refractivity contribution is 6.23. The molecule has 3 rings (SSSR count). The lowest BCUT2D eigenvalue weighted by Crippen LogP contribution is -2.49. The highest BCUT2D eigenvalue weighted by Gasteiger charge is 2.63. The number of benzene rings is 1. The molecule has 0 saturated carbocycles. The fourth-order valence-electron chi connectivity index (χ4n) is 3.41. The molecule has 6 heteroatoms. The molecular weight excluding hydrogens is 272 g/mol. The smallest absolute Gasteiger partial charge is 0.321 e. The van der Waals surface area contributed by atoms with E-state index >= 15 is 0 Å². The summed E-state index contributed by atoms with van der Waals surface area (Å²) in [6, 6.07) is 7.58. The zero-order valence-electron chi connectivity index (χ0n) is 11.7. The number of para-hydroxylation sites is 1. The first-order valence-electron chi connectivity index (χ1n) is 6.78. The largest absolute Gasteiger partial charge is 0.480 e. The van der Waals surface area contributed by atoms with Crippen LogP contribution in [0.1, 0.15) is 13.8 Å². The van der Waals surface area contributed by atoms with Crippen molar-refractivity contribution in [3.8, 4) is 0 Å². The van der Waals surface area contributed by atoms with Crippen molar-refractivity contribution in [1.29, 1.82) is 0 Å². The van der Waals surface area contributed by atoms with Crippen LogP contribution in [-0.4, -0.2) is 34.5 Å². The first kappa shape index (κ1) is 13.8. The Hall–Kier alpha value is -2.21. The maximum absolute atomic E-state index is 12.7. The number of hydrogen-bond donors (Lipinski definition) is 2. The summed E-state index contributed by atoms with van der Waals surface area (Å²) in [5.41, 5.74) is -0.244. The van der Waals surface area contributed by atoms with E-state index in [2.05, 4.69) is 5.32 Å². The van der Waals surface area contributed by atoms with Crippen LogP contribution in [0.15, 0.2) is 30.3 Å². The number of carboxylic acids is 1. The molecule has 0 bridgehead atoms. The topological polar surface area (TPSA) is 86.7 Å². The van der Waals surface area contributed by atoms with Gasteiger partial charge in [-0.1, -0.05) is 18.2 Å². The Morgan fingerprint density at radius 1 is 1.19 bits per heavy atom. The van der Waals surface area contributed by atoms with Crippen molar-refractivity contribution < 1.29 is 19.5 Å². The standard InChI is InChI=1S/C15H16N2O4/c1-15(2)10-9(11(16-15)14(20)21)12(18)17(13(10)19)8-6-4-3-5-7-8/h3-7,9-11,16H,1-2H3,(H,20,21)/t9-,10-,11-/m0/s1. The van der Waals surface area contributed by atoms with Crippen molar-refractivity contribution in [2.24, 2.45) is 11.8 Å². The minimum absolute atomic E-state index is 0.336. The third kappa shape index (κ3) is 1.86. The highest BCUT2D eigenvalue weighted by Crippen LogP contribution is 2.43. The minimum atomic E-state index is -1.10. The summed E-state index contributed by atoms with van der Waals surface area (Å²) in [5, 5.41) is 12.2. The van der Waals surface area contributed by atoms with Crippen LogP contribution in [-0.2, 0) is 14.4 Å². The molecular formula is C15H16N2O4. The Labute approximate surface area is 121 Å². The molecule has 1 aromatic rings. The molecule has 0 radical (unpaired) electrons. The van der Waals surface area contributed by atoms with E-state index in [1.165, 1.54) is 0 Å². The molecule has 6 nitrogen and oxygen atoms in total. The Bertz CT molecular complexity index is 626. The monoisotopic (exact) mass is 288 g/mol. The summed E-state index contributed by atoms with van der Waals surface area (Å²) in [5.74, 6) is -3.40. The van der Waals surface area contributed by atoms with Crippen molar-refractivity contribution >= 4 is 23.5 Å². The van der Waals surface area contributed by atoms with Gasteiger partial charge < -0.3 is 5.11 Å². The van der Waals surface area contributed by atoms with Gasteiger partial charge in [-0.25, -0.2) is 4.90 Å². The zero-order valence-corrected chi connectivity index (χ0v) is 11.7. The molecule has 1 aromatic carbocycles. The number of rotatable bonds is 2. The van der Waals surface area contributed by atoms with Gasteiger partial charge in [0.25, 0.3) is 0 Å². The van der Waals surface area contributed by atoms with Crippen LogP contribution >= 0.6 is 0 Å². The van der Waals surface area contributed by atoms with Crippen LogP contribution in [0.4, 0.5) is 5.69 Å². The number of nitrogens with one attached hydrogen (secondary N) is 1. The number of carbonyl (C=O) groups excluding carboxylic acids is 2. The van der Waals surface area contributed by atoms with Crippen molar-refractivity contribution in [3.63, 3.8) is 0 Å². The first-order valence-corrected chi connectivity index (χ1v) is 6.78. The van der Waals surface area contributed by atoms with Gasteiger partial charge >= 0.3 is 5.97 Å². The molecule has 2 aliphatic rings. The zero-order chi connectivity index (χ0) is 15.4. The lowest BCUT2D eigenvalue weighted by atomic mass is 9.83. The van der Waals surface area contributed by atoms with Gasteiger partial charge in [-0.15, -0.1) is 0 Å². The Morgan fingerprint density at radius 2 is 1.81 bits per heavy atom. The van der Waals surface area contributed by atoms with Gasteiger partial charge in [0, 0.05) is 5.54 Å². The predicted molar refractivity (Wildman–Crippen MR) is 74.6 cm³/mol. The second kappa shape index (κ2) is 4.39. The molecule has 3 atom stereocenters. The van der Waals surface area contributed by atoms with E-state index in [0.29, 0.717) is 5.69 Å². The Balaban J connectivity index is 2.06.